The quantitative estimate of drug-likeness (QED) is 0.852. The minimum Gasteiger partial charge on any atom is -0.340 e. The van der Waals surface area contributed by atoms with E-state index in [1.807, 2.05) is 20.2 Å². The van der Waals surface area contributed by atoms with Gasteiger partial charge in [-0.05, 0) is 51.4 Å². The number of nitrogens with one attached hydrogen (secondary N) is 1. The van der Waals surface area contributed by atoms with Gasteiger partial charge in [0.2, 0.25) is 0 Å². The van der Waals surface area contributed by atoms with Crippen LogP contribution in [0.4, 0.5) is 0 Å². The number of aryl methyl sites for hydroxylation is 2. The summed E-state index contributed by atoms with van der Waals surface area (Å²) >= 11 is 0. The number of pyridine rings is 1. The predicted octanol–water partition coefficient (Wildman–Crippen LogP) is 3.86. The second-order valence-corrected chi connectivity index (χ2v) is 6.68. The molecule has 4 nitrogen and oxygen atoms in total. The van der Waals surface area contributed by atoms with Crippen LogP contribution in [0.3, 0.4) is 0 Å². The highest BCUT2D eigenvalue weighted by molar-refractivity contribution is 6.07. The van der Waals surface area contributed by atoms with Crippen LogP contribution in [-0.4, -0.2) is 43.0 Å². The van der Waals surface area contributed by atoms with Crippen LogP contribution in [0.1, 0.15) is 45.9 Å². The summed E-state index contributed by atoms with van der Waals surface area (Å²) in [7, 11) is 3.77. The van der Waals surface area contributed by atoms with E-state index in [1.165, 1.54) is 18.4 Å². The number of aromatic nitrogens is 1. The minimum atomic E-state index is 0. The van der Waals surface area contributed by atoms with Gasteiger partial charge in [0.15, 0.2) is 0 Å². The lowest BCUT2D eigenvalue weighted by Crippen LogP contribution is -2.33. The summed E-state index contributed by atoms with van der Waals surface area (Å²) in [6, 6.07) is 6.26. The summed E-state index contributed by atoms with van der Waals surface area (Å²) in [4.78, 5) is 19.6. The second-order valence-electron chi connectivity index (χ2n) is 6.68. The Labute approximate surface area is 162 Å². The molecule has 2 aromatic rings. The zero-order chi connectivity index (χ0) is 16.6. The molecule has 1 N–H and O–H groups in total. The summed E-state index contributed by atoms with van der Waals surface area (Å²) in [6.45, 7) is 5.64. The largest absolute Gasteiger partial charge is 0.340 e. The van der Waals surface area contributed by atoms with E-state index < -0.39 is 0 Å². The van der Waals surface area contributed by atoms with E-state index in [0.717, 1.165) is 34.3 Å². The van der Waals surface area contributed by atoms with Gasteiger partial charge >= 0.3 is 0 Å². The Balaban J connectivity index is 0.00000156. The number of likely N-dealkylation sites (N-methyl/N-ethyl adjacent to an activating group) is 2. The molecule has 0 spiro atoms. The predicted molar refractivity (Wildman–Crippen MR) is 109 cm³/mol. The average molecular weight is 384 g/mol. The third-order valence-corrected chi connectivity index (χ3v) is 4.54. The number of amides is 1. The highest BCUT2D eigenvalue weighted by Crippen LogP contribution is 2.40. The smallest absolute Gasteiger partial charge is 0.254 e. The minimum absolute atomic E-state index is 0. The first-order valence-electron chi connectivity index (χ1n) is 8.33. The molecule has 1 aliphatic rings. The number of carbonyl (C=O) groups is 1. The van der Waals surface area contributed by atoms with Crippen LogP contribution < -0.4 is 5.32 Å². The number of halogens is 2. The number of benzene rings is 1. The van der Waals surface area contributed by atoms with Crippen molar-refractivity contribution in [2.24, 2.45) is 0 Å². The normalized spacial score (nSPS) is 13.1. The van der Waals surface area contributed by atoms with Crippen molar-refractivity contribution >= 4 is 41.6 Å². The van der Waals surface area contributed by atoms with E-state index in [0.29, 0.717) is 12.5 Å². The summed E-state index contributed by atoms with van der Waals surface area (Å²) in [6.07, 6.45) is 2.37. The van der Waals surface area contributed by atoms with E-state index in [9.17, 15) is 4.79 Å². The molecule has 25 heavy (non-hydrogen) atoms. The van der Waals surface area contributed by atoms with Crippen molar-refractivity contribution in [3.8, 4) is 0 Å². The van der Waals surface area contributed by atoms with Crippen molar-refractivity contribution in [3.63, 3.8) is 0 Å². The van der Waals surface area contributed by atoms with Crippen molar-refractivity contribution in [2.75, 3.05) is 27.2 Å². The molecule has 1 saturated carbocycles. The van der Waals surface area contributed by atoms with E-state index in [1.54, 1.807) is 4.90 Å². The topological polar surface area (TPSA) is 45.2 Å². The third-order valence-electron chi connectivity index (χ3n) is 4.54. The molecule has 1 aromatic carbocycles. The summed E-state index contributed by atoms with van der Waals surface area (Å²) in [5, 5.41) is 4.07. The molecule has 0 saturated heterocycles. The van der Waals surface area contributed by atoms with Gasteiger partial charge in [-0.25, -0.2) is 0 Å². The van der Waals surface area contributed by atoms with Gasteiger partial charge in [0.25, 0.3) is 5.91 Å². The van der Waals surface area contributed by atoms with Gasteiger partial charge in [0, 0.05) is 37.1 Å². The summed E-state index contributed by atoms with van der Waals surface area (Å²) in [5.74, 6) is 0.619. The lowest BCUT2D eigenvalue weighted by Gasteiger charge is -2.19. The van der Waals surface area contributed by atoms with Crippen LogP contribution in [0, 0.1) is 13.8 Å². The molecule has 1 aromatic heterocycles. The number of carbonyl (C=O) groups excluding carboxylic acids is 1. The monoisotopic (exact) mass is 383 g/mol. The van der Waals surface area contributed by atoms with Gasteiger partial charge in [-0.3, -0.25) is 9.78 Å². The Morgan fingerprint density at radius 1 is 1.24 bits per heavy atom. The van der Waals surface area contributed by atoms with Crippen molar-refractivity contribution in [3.05, 3.63) is 40.6 Å². The zero-order valence-electron chi connectivity index (χ0n) is 15.3. The Morgan fingerprint density at radius 3 is 2.52 bits per heavy atom. The first-order valence-corrected chi connectivity index (χ1v) is 8.33. The molecular formula is C19H27Cl2N3O. The van der Waals surface area contributed by atoms with Crippen molar-refractivity contribution in [1.82, 2.24) is 15.2 Å². The molecule has 0 aliphatic heterocycles. The standard InChI is InChI=1S/C19H25N3O.2ClH/c1-12-9-13(2)18-15(10-12)16(11-17(21-18)14-5-6-14)19(23)22(4)8-7-20-3;;/h9-11,14,20H,5-8H2,1-4H3;2*1H. The Bertz CT molecular complexity index is 760. The van der Waals surface area contributed by atoms with Crippen molar-refractivity contribution in [2.45, 2.75) is 32.6 Å². The van der Waals surface area contributed by atoms with E-state index in [-0.39, 0.29) is 30.7 Å². The molecule has 0 radical (unpaired) electrons. The van der Waals surface area contributed by atoms with E-state index in [4.69, 9.17) is 4.98 Å². The van der Waals surface area contributed by atoms with Gasteiger partial charge in [-0.2, -0.15) is 0 Å². The van der Waals surface area contributed by atoms with Crippen molar-refractivity contribution < 1.29 is 4.79 Å². The molecule has 1 aliphatic carbocycles. The number of hydrogen-bond donors (Lipinski definition) is 1. The fourth-order valence-corrected chi connectivity index (χ4v) is 3.05. The van der Waals surface area contributed by atoms with E-state index >= 15 is 0 Å². The number of rotatable bonds is 5. The summed E-state index contributed by atoms with van der Waals surface area (Å²) in [5.41, 5.74) is 5.17. The van der Waals surface area contributed by atoms with Gasteiger partial charge in [0.1, 0.15) is 0 Å². The van der Waals surface area contributed by atoms with Crippen LogP contribution in [-0.2, 0) is 0 Å². The van der Waals surface area contributed by atoms with Crippen LogP contribution in [0.15, 0.2) is 18.2 Å². The lowest BCUT2D eigenvalue weighted by molar-refractivity contribution is 0.0798. The number of fused-ring (bicyclic) bond motifs is 1. The first-order chi connectivity index (χ1) is 11.0. The van der Waals surface area contributed by atoms with Crippen LogP contribution in [0.2, 0.25) is 0 Å². The molecule has 138 valence electrons. The number of hydrogen-bond acceptors (Lipinski definition) is 3. The van der Waals surface area contributed by atoms with Gasteiger partial charge in [-0.15, -0.1) is 24.8 Å². The Hall–Kier alpha value is -1.36. The van der Waals surface area contributed by atoms with Gasteiger partial charge in [0.05, 0.1) is 11.1 Å². The second kappa shape index (κ2) is 8.84. The number of nitrogens with zero attached hydrogens (tertiary/aromatic N) is 2. The fourth-order valence-electron chi connectivity index (χ4n) is 3.05. The molecule has 6 heteroatoms. The third kappa shape index (κ3) is 4.63. The maximum absolute atomic E-state index is 13.0. The highest BCUT2D eigenvalue weighted by Gasteiger charge is 2.27. The lowest BCUT2D eigenvalue weighted by atomic mass is 10.00. The summed E-state index contributed by atoms with van der Waals surface area (Å²) < 4.78 is 0. The highest BCUT2D eigenvalue weighted by atomic mass is 35.5. The SMILES string of the molecule is CNCCN(C)C(=O)c1cc(C2CC2)nc2c(C)cc(C)cc12.Cl.Cl. The fraction of sp³-hybridized carbons (Fsp3) is 0.474. The Morgan fingerprint density at radius 2 is 1.92 bits per heavy atom. The average Bonchev–Trinajstić information content (AvgIpc) is 3.36. The first kappa shape index (κ1) is 21.7. The molecule has 1 heterocycles. The van der Waals surface area contributed by atoms with Gasteiger partial charge < -0.3 is 10.2 Å². The Kier molecular flexibility index (Phi) is 7.66. The molecule has 0 unspecified atom stereocenters. The van der Waals surface area contributed by atoms with Gasteiger partial charge in [-0.1, -0.05) is 11.6 Å². The molecule has 3 rings (SSSR count). The molecule has 1 fully saturated rings. The van der Waals surface area contributed by atoms with Crippen LogP contribution in [0.25, 0.3) is 10.9 Å². The van der Waals surface area contributed by atoms with Crippen LogP contribution >= 0.6 is 24.8 Å². The maximum Gasteiger partial charge on any atom is 0.254 e. The van der Waals surface area contributed by atoms with E-state index in [2.05, 4.69) is 31.3 Å². The molecule has 0 atom stereocenters. The van der Waals surface area contributed by atoms with Crippen molar-refractivity contribution in [1.29, 1.82) is 0 Å². The molecule has 1 amide bonds. The maximum atomic E-state index is 13.0. The molecular weight excluding hydrogens is 357 g/mol. The van der Waals surface area contributed by atoms with Crippen LogP contribution in [0.5, 0.6) is 0 Å². The zero-order valence-corrected chi connectivity index (χ0v) is 16.9. The molecule has 0 bridgehead atoms.